The molecule has 0 radical (unpaired) electrons. The van der Waals surface area contributed by atoms with Gasteiger partial charge in [0, 0.05) is 24.5 Å². The lowest BCUT2D eigenvalue weighted by Crippen LogP contribution is -2.01. The lowest BCUT2D eigenvalue weighted by atomic mass is 10.2. The van der Waals surface area contributed by atoms with Crippen molar-refractivity contribution in [2.75, 3.05) is 11.9 Å². The molecule has 0 bridgehead atoms. The molecule has 2 heterocycles. The van der Waals surface area contributed by atoms with Gasteiger partial charge >= 0.3 is 0 Å². The van der Waals surface area contributed by atoms with E-state index < -0.39 is 0 Å². The standard InChI is InChI=1S/C7H7BrN2/c8-10-4-6-2-1-3-9-7(6)5-10/h1-2,4-5,9H,3H2. The van der Waals surface area contributed by atoms with E-state index in [0.717, 1.165) is 6.54 Å². The van der Waals surface area contributed by atoms with Crippen LogP contribution >= 0.6 is 16.1 Å². The van der Waals surface area contributed by atoms with Crippen LogP contribution in [0.5, 0.6) is 0 Å². The lowest BCUT2D eigenvalue weighted by Gasteiger charge is -2.05. The second-order valence-electron chi connectivity index (χ2n) is 2.25. The number of fused-ring (bicyclic) bond motifs is 1. The molecule has 0 aromatic carbocycles. The Labute approximate surface area is 67.9 Å². The van der Waals surface area contributed by atoms with Crippen LogP contribution in [0.1, 0.15) is 5.56 Å². The molecule has 10 heavy (non-hydrogen) atoms. The second-order valence-corrected chi connectivity index (χ2v) is 3.07. The zero-order valence-corrected chi connectivity index (χ0v) is 6.93. The third kappa shape index (κ3) is 0.865. The van der Waals surface area contributed by atoms with E-state index in [1.54, 1.807) is 0 Å². The Morgan fingerprint density at radius 1 is 1.50 bits per heavy atom. The summed E-state index contributed by atoms with van der Waals surface area (Å²) < 4.78 is 1.88. The van der Waals surface area contributed by atoms with Crippen molar-refractivity contribution in [3.63, 3.8) is 0 Å². The number of aromatic nitrogens is 1. The first kappa shape index (κ1) is 6.04. The fourth-order valence-electron chi connectivity index (χ4n) is 1.07. The zero-order valence-electron chi connectivity index (χ0n) is 5.34. The highest BCUT2D eigenvalue weighted by molar-refractivity contribution is 9.08. The average Bonchev–Trinajstić information content (AvgIpc) is 2.27. The molecule has 1 N–H and O–H groups in total. The van der Waals surface area contributed by atoms with Crippen LogP contribution in [0.4, 0.5) is 5.69 Å². The number of hydrogen-bond donors (Lipinski definition) is 1. The number of anilines is 1. The van der Waals surface area contributed by atoms with Gasteiger partial charge in [-0.1, -0.05) is 12.2 Å². The van der Waals surface area contributed by atoms with Crippen molar-refractivity contribution < 1.29 is 0 Å². The van der Waals surface area contributed by atoms with Crippen molar-refractivity contribution in [2.45, 2.75) is 0 Å². The van der Waals surface area contributed by atoms with Crippen molar-refractivity contribution in [3.8, 4) is 0 Å². The molecule has 1 aromatic heterocycles. The van der Waals surface area contributed by atoms with Gasteiger partial charge in [0.25, 0.3) is 0 Å². The van der Waals surface area contributed by atoms with E-state index in [-0.39, 0.29) is 0 Å². The molecule has 1 aliphatic heterocycles. The molecule has 0 unspecified atom stereocenters. The van der Waals surface area contributed by atoms with E-state index in [2.05, 4.69) is 33.6 Å². The molecule has 0 saturated heterocycles. The normalized spacial score (nSPS) is 14.5. The van der Waals surface area contributed by atoms with Gasteiger partial charge in [-0.2, -0.15) is 0 Å². The van der Waals surface area contributed by atoms with Crippen LogP contribution in [-0.4, -0.2) is 10.1 Å². The van der Waals surface area contributed by atoms with Gasteiger partial charge in [0.2, 0.25) is 0 Å². The molecule has 2 nitrogen and oxygen atoms in total. The lowest BCUT2D eigenvalue weighted by molar-refractivity contribution is 1.30. The molecule has 1 aliphatic rings. The first-order valence-electron chi connectivity index (χ1n) is 3.15. The summed E-state index contributed by atoms with van der Waals surface area (Å²) in [7, 11) is 0. The van der Waals surface area contributed by atoms with Gasteiger partial charge in [0.05, 0.1) is 21.8 Å². The predicted molar refractivity (Wildman–Crippen MR) is 46.3 cm³/mol. The van der Waals surface area contributed by atoms with Gasteiger partial charge < -0.3 is 5.32 Å². The highest BCUT2D eigenvalue weighted by Crippen LogP contribution is 2.22. The number of halogens is 1. The van der Waals surface area contributed by atoms with E-state index in [0.29, 0.717) is 0 Å². The van der Waals surface area contributed by atoms with Crippen LogP contribution in [0.3, 0.4) is 0 Å². The maximum atomic E-state index is 3.34. The highest BCUT2D eigenvalue weighted by atomic mass is 79.9. The van der Waals surface area contributed by atoms with Gasteiger partial charge in [-0.15, -0.1) is 0 Å². The summed E-state index contributed by atoms with van der Waals surface area (Å²) in [5, 5.41) is 3.25. The molecule has 0 atom stereocenters. The summed E-state index contributed by atoms with van der Waals surface area (Å²) in [5.74, 6) is 0. The van der Waals surface area contributed by atoms with Crippen molar-refractivity contribution in [3.05, 3.63) is 24.0 Å². The topological polar surface area (TPSA) is 17.0 Å². The Balaban J connectivity index is 2.53. The van der Waals surface area contributed by atoms with E-state index in [4.69, 9.17) is 0 Å². The van der Waals surface area contributed by atoms with Crippen LogP contribution in [0.2, 0.25) is 0 Å². The molecule has 0 aliphatic carbocycles. The molecule has 3 heteroatoms. The fourth-order valence-corrected chi connectivity index (χ4v) is 1.50. The maximum absolute atomic E-state index is 3.34. The van der Waals surface area contributed by atoms with Crippen LogP contribution in [0.25, 0.3) is 6.08 Å². The molecular formula is C7H7BrN2. The summed E-state index contributed by atoms with van der Waals surface area (Å²) in [6, 6.07) is 0. The number of rotatable bonds is 0. The van der Waals surface area contributed by atoms with Gasteiger partial charge in [-0.05, 0) is 0 Å². The van der Waals surface area contributed by atoms with Crippen molar-refractivity contribution in [1.29, 1.82) is 0 Å². The average molecular weight is 199 g/mol. The third-order valence-corrected chi connectivity index (χ3v) is 1.94. The molecule has 0 saturated carbocycles. The van der Waals surface area contributed by atoms with Crippen LogP contribution in [0.15, 0.2) is 18.5 Å². The van der Waals surface area contributed by atoms with Crippen LogP contribution < -0.4 is 5.32 Å². The van der Waals surface area contributed by atoms with Gasteiger partial charge in [0.15, 0.2) is 0 Å². The van der Waals surface area contributed by atoms with Crippen molar-refractivity contribution in [2.24, 2.45) is 0 Å². The smallest absolute Gasteiger partial charge is 0.0606 e. The van der Waals surface area contributed by atoms with E-state index in [1.807, 2.05) is 16.0 Å². The minimum absolute atomic E-state index is 0.935. The molecule has 0 fully saturated rings. The number of hydrogen-bond acceptors (Lipinski definition) is 1. The minimum Gasteiger partial charge on any atom is -0.380 e. The Bertz CT molecular complexity index is 275. The molecular weight excluding hydrogens is 192 g/mol. The molecule has 0 amide bonds. The van der Waals surface area contributed by atoms with Crippen LogP contribution in [-0.2, 0) is 0 Å². The van der Waals surface area contributed by atoms with Crippen molar-refractivity contribution >= 4 is 27.9 Å². The summed E-state index contributed by atoms with van der Waals surface area (Å²) in [6.45, 7) is 0.935. The zero-order chi connectivity index (χ0) is 6.97. The molecule has 0 spiro atoms. The summed E-state index contributed by atoms with van der Waals surface area (Å²) >= 11 is 3.34. The minimum atomic E-state index is 0.935. The summed E-state index contributed by atoms with van der Waals surface area (Å²) in [5.41, 5.74) is 2.43. The quantitative estimate of drug-likeness (QED) is 0.676. The van der Waals surface area contributed by atoms with Crippen LogP contribution in [0, 0.1) is 0 Å². The predicted octanol–water partition coefficient (Wildman–Crippen LogP) is 2.08. The van der Waals surface area contributed by atoms with Gasteiger partial charge in [-0.3, -0.25) is 3.59 Å². The number of nitrogens with zero attached hydrogens (tertiary/aromatic N) is 1. The molecule has 52 valence electrons. The van der Waals surface area contributed by atoms with Gasteiger partial charge in [-0.25, -0.2) is 0 Å². The maximum Gasteiger partial charge on any atom is 0.0606 e. The van der Waals surface area contributed by atoms with Crippen molar-refractivity contribution in [1.82, 2.24) is 3.59 Å². The van der Waals surface area contributed by atoms with E-state index in [1.165, 1.54) is 11.3 Å². The first-order chi connectivity index (χ1) is 4.86. The Morgan fingerprint density at radius 2 is 2.40 bits per heavy atom. The monoisotopic (exact) mass is 198 g/mol. The largest absolute Gasteiger partial charge is 0.380 e. The first-order valence-corrected chi connectivity index (χ1v) is 3.86. The summed E-state index contributed by atoms with van der Waals surface area (Å²) in [6.07, 6.45) is 8.26. The highest BCUT2D eigenvalue weighted by Gasteiger charge is 2.04. The van der Waals surface area contributed by atoms with E-state index in [9.17, 15) is 0 Å². The molecule has 1 aromatic rings. The Morgan fingerprint density at radius 3 is 3.20 bits per heavy atom. The SMILES string of the molecule is Brn1cc2c(c1)NCC=C2. The van der Waals surface area contributed by atoms with E-state index >= 15 is 0 Å². The Kier molecular flexibility index (Phi) is 1.31. The number of nitrogens with one attached hydrogen (secondary N) is 1. The second kappa shape index (κ2) is 2.16. The third-order valence-electron chi connectivity index (χ3n) is 1.53. The Hall–Kier alpha value is -0.700. The van der Waals surface area contributed by atoms with Gasteiger partial charge in [0.1, 0.15) is 0 Å². The fraction of sp³-hybridized carbons (Fsp3) is 0.143. The summed E-state index contributed by atoms with van der Waals surface area (Å²) in [4.78, 5) is 0. The molecule has 2 rings (SSSR count).